The largest absolute Gasteiger partial charge is 0.383 e. The fourth-order valence-corrected chi connectivity index (χ4v) is 1.24. The van der Waals surface area contributed by atoms with Crippen LogP contribution >= 0.6 is 0 Å². The standard InChI is InChI=1S/C9H15N3O2/c1-3-12-8(4-5-11-12)9(13)7(10)6-14-2/h4-5,7H,3,6,10H2,1-2H3. The van der Waals surface area contributed by atoms with E-state index in [1.54, 1.807) is 16.9 Å². The third-order valence-corrected chi connectivity index (χ3v) is 1.95. The molecule has 0 aliphatic carbocycles. The summed E-state index contributed by atoms with van der Waals surface area (Å²) in [6, 6.07) is 1.06. The lowest BCUT2D eigenvalue weighted by Crippen LogP contribution is -2.36. The second-order valence-corrected chi connectivity index (χ2v) is 2.96. The van der Waals surface area contributed by atoms with Crippen molar-refractivity contribution in [3.8, 4) is 0 Å². The number of methoxy groups -OCH3 is 1. The highest BCUT2D eigenvalue weighted by atomic mass is 16.5. The second kappa shape index (κ2) is 4.88. The molecule has 1 aromatic heterocycles. The normalized spacial score (nSPS) is 12.8. The molecule has 1 atom stereocenters. The molecule has 0 saturated carbocycles. The smallest absolute Gasteiger partial charge is 0.199 e. The zero-order chi connectivity index (χ0) is 10.6. The third kappa shape index (κ3) is 2.18. The van der Waals surface area contributed by atoms with Crippen molar-refractivity contribution in [3.63, 3.8) is 0 Å². The van der Waals surface area contributed by atoms with Gasteiger partial charge < -0.3 is 10.5 Å². The van der Waals surface area contributed by atoms with E-state index in [1.807, 2.05) is 6.92 Å². The number of hydrogen-bond donors (Lipinski definition) is 1. The molecule has 0 aromatic carbocycles. The number of ether oxygens (including phenoxy) is 1. The minimum atomic E-state index is -0.609. The van der Waals surface area contributed by atoms with Gasteiger partial charge in [0.1, 0.15) is 5.69 Å². The molecule has 0 aliphatic rings. The molecule has 1 aromatic rings. The summed E-state index contributed by atoms with van der Waals surface area (Å²) >= 11 is 0. The van der Waals surface area contributed by atoms with Crippen molar-refractivity contribution in [1.82, 2.24) is 9.78 Å². The van der Waals surface area contributed by atoms with E-state index in [0.717, 1.165) is 0 Å². The van der Waals surface area contributed by atoms with Crippen LogP contribution in [0.25, 0.3) is 0 Å². The predicted molar refractivity (Wildman–Crippen MR) is 52.1 cm³/mol. The molecule has 0 bridgehead atoms. The molecule has 0 aliphatic heterocycles. The van der Waals surface area contributed by atoms with Crippen LogP contribution in [0.3, 0.4) is 0 Å². The minimum absolute atomic E-state index is 0.133. The average molecular weight is 197 g/mol. The number of nitrogens with zero attached hydrogens (tertiary/aromatic N) is 2. The van der Waals surface area contributed by atoms with Gasteiger partial charge in [0, 0.05) is 19.9 Å². The summed E-state index contributed by atoms with van der Waals surface area (Å²) in [4.78, 5) is 11.7. The van der Waals surface area contributed by atoms with Crippen LogP contribution in [-0.2, 0) is 11.3 Å². The molecule has 2 N–H and O–H groups in total. The Balaban J connectivity index is 2.78. The van der Waals surface area contributed by atoms with Crippen molar-refractivity contribution >= 4 is 5.78 Å². The molecule has 5 nitrogen and oxygen atoms in total. The molecule has 5 heteroatoms. The molecular weight excluding hydrogens is 182 g/mol. The lowest BCUT2D eigenvalue weighted by molar-refractivity contribution is 0.0882. The number of aromatic nitrogens is 2. The van der Waals surface area contributed by atoms with Crippen LogP contribution in [-0.4, -0.2) is 35.3 Å². The van der Waals surface area contributed by atoms with E-state index in [9.17, 15) is 4.79 Å². The molecule has 0 amide bonds. The first-order valence-electron chi connectivity index (χ1n) is 4.51. The summed E-state index contributed by atoms with van der Waals surface area (Å²) in [7, 11) is 1.52. The summed E-state index contributed by atoms with van der Waals surface area (Å²) < 4.78 is 6.44. The van der Waals surface area contributed by atoms with Crippen molar-refractivity contribution in [1.29, 1.82) is 0 Å². The molecule has 78 valence electrons. The maximum absolute atomic E-state index is 11.7. The van der Waals surface area contributed by atoms with E-state index < -0.39 is 6.04 Å². The fourth-order valence-electron chi connectivity index (χ4n) is 1.24. The summed E-state index contributed by atoms with van der Waals surface area (Å²) in [6.07, 6.45) is 1.59. The second-order valence-electron chi connectivity index (χ2n) is 2.96. The summed E-state index contributed by atoms with van der Waals surface area (Å²) in [6.45, 7) is 2.81. The Morgan fingerprint density at radius 1 is 1.79 bits per heavy atom. The van der Waals surface area contributed by atoms with Gasteiger partial charge in [0.25, 0.3) is 0 Å². The van der Waals surface area contributed by atoms with Crippen molar-refractivity contribution in [2.24, 2.45) is 5.73 Å². The van der Waals surface area contributed by atoms with Crippen LogP contribution in [0.2, 0.25) is 0 Å². The van der Waals surface area contributed by atoms with Crippen LogP contribution in [0.1, 0.15) is 17.4 Å². The molecule has 14 heavy (non-hydrogen) atoms. The van der Waals surface area contributed by atoms with E-state index in [0.29, 0.717) is 12.2 Å². The number of rotatable bonds is 5. The fraction of sp³-hybridized carbons (Fsp3) is 0.556. The van der Waals surface area contributed by atoms with E-state index in [-0.39, 0.29) is 12.4 Å². The highest BCUT2D eigenvalue weighted by Gasteiger charge is 2.18. The minimum Gasteiger partial charge on any atom is -0.383 e. The molecule has 0 spiro atoms. The number of hydrogen-bond acceptors (Lipinski definition) is 4. The molecule has 0 fully saturated rings. The van der Waals surface area contributed by atoms with E-state index in [1.165, 1.54) is 7.11 Å². The number of Topliss-reactive ketones (excluding diaryl/α,β-unsaturated/α-hetero) is 1. The first kappa shape index (κ1) is 10.9. The van der Waals surface area contributed by atoms with Crippen LogP contribution in [0.4, 0.5) is 0 Å². The monoisotopic (exact) mass is 197 g/mol. The van der Waals surface area contributed by atoms with Crippen molar-refractivity contribution in [2.75, 3.05) is 13.7 Å². The summed E-state index contributed by atoms with van der Waals surface area (Å²) in [5.74, 6) is -0.133. The van der Waals surface area contributed by atoms with E-state index >= 15 is 0 Å². The van der Waals surface area contributed by atoms with Gasteiger partial charge in [0.15, 0.2) is 5.78 Å². The maximum Gasteiger partial charge on any atom is 0.199 e. The Morgan fingerprint density at radius 3 is 3.07 bits per heavy atom. The van der Waals surface area contributed by atoms with E-state index in [2.05, 4.69) is 5.10 Å². The zero-order valence-corrected chi connectivity index (χ0v) is 8.43. The number of carbonyl (C=O) groups excluding carboxylic acids is 1. The Labute approximate surface area is 82.8 Å². The van der Waals surface area contributed by atoms with Gasteiger partial charge in [-0.15, -0.1) is 0 Å². The molecular formula is C9H15N3O2. The number of carbonyl (C=O) groups is 1. The highest BCUT2D eigenvalue weighted by Crippen LogP contribution is 2.02. The van der Waals surface area contributed by atoms with Crippen LogP contribution in [0.5, 0.6) is 0 Å². The first-order chi connectivity index (χ1) is 6.70. The van der Waals surface area contributed by atoms with Crippen molar-refractivity contribution in [3.05, 3.63) is 18.0 Å². The summed E-state index contributed by atoms with van der Waals surface area (Å²) in [5.41, 5.74) is 6.17. The van der Waals surface area contributed by atoms with Gasteiger partial charge in [0.05, 0.1) is 12.6 Å². The van der Waals surface area contributed by atoms with Crippen LogP contribution in [0.15, 0.2) is 12.3 Å². The highest BCUT2D eigenvalue weighted by molar-refractivity contribution is 5.98. The molecule has 0 saturated heterocycles. The van der Waals surface area contributed by atoms with Gasteiger partial charge in [-0.25, -0.2) is 0 Å². The molecule has 1 heterocycles. The van der Waals surface area contributed by atoms with Crippen LogP contribution in [0, 0.1) is 0 Å². The number of ketones is 1. The quantitative estimate of drug-likeness (QED) is 0.677. The Bertz CT molecular complexity index is 309. The number of aryl methyl sites for hydroxylation is 1. The SMILES string of the molecule is CCn1nccc1C(=O)C(N)COC. The Kier molecular flexibility index (Phi) is 3.79. The Morgan fingerprint density at radius 2 is 2.50 bits per heavy atom. The van der Waals surface area contributed by atoms with Crippen LogP contribution < -0.4 is 5.73 Å². The average Bonchev–Trinajstić information content (AvgIpc) is 2.64. The van der Waals surface area contributed by atoms with Crippen molar-refractivity contribution in [2.45, 2.75) is 19.5 Å². The maximum atomic E-state index is 11.7. The van der Waals surface area contributed by atoms with Crippen molar-refractivity contribution < 1.29 is 9.53 Å². The number of nitrogens with two attached hydrogens (primary N) is 1. The molecule has 0 radical (unpaired) electrons. The third-order valence-electron chi connectivity index (χ3n) is 1.95. The lowest BCUT2D eigenvalue weighted by atomic mass is 10.1. The van der Waals surface area contributed by atoms with E-state index in [4.69, 9.17) is 10.5 Å². The lowest BCUT2D eigenvalue weighted by Gasteiger charge is -2.09. The summed E-state index contributed by atoms with van der Waals surface area (Å²) in [5, 5.41) is 4.00. The zero-order valence-electron chi connectivity index (χ0n) is 8.43. The molecule has 1 rings (SSSR count). The van der Waals surface area contributed by atoms with Gasteiger partial charge in [-0.2, -0.15) is 5.10 Å². The topological polar surface area (TPSA) is 70.1 Å². The first-order valence-corrected chi connectivity index (χ1v) is 4.51. The molecule has 1 unspecified atom stereocenters. The Hall–Kier alpha value is -1.20. The van der Waals surface area contributed by atoms with Gasteiger partial charge in [-0.3, -0.25) is 9.48 Å². The van der Waals surface area contributed by atoms with Gasteiger partial charge >= 0.3 is 0 Å². The van der Waals surface area contributed by atoms with Gasteiger partial charge in [-0.1, -0.05) is 0 Å². The van der Waals surface area contributed by atoms with Gasteiger partial charge in [0.2, 0.25) is 0 Å². The predicted octanol–water partition coefficient (Wildman–Crippen LogP) is 0.0594. The van der Waals surface area contributed by atoms with Gasteiger partial charge in [-0.05, 0) is 13.0 Å².